The number of benzene rings is 1. The molecule has 19 heavy (non-hydrogen) atoms. The Labute approximate surface area is 114 Å². The Bertz CT molecular complexity index is 475. The maximum absolute atomic E-state index is 11.7. The monoisotopic (exact) mass is 259 g/mol. The first kappa shape index (κ1) is 12.5. The number of ether oxygens (including phenoxy) is 1. The van der Waals surface area contributed by atoms with Gasteiger partial charge in [-0.15, -0.1) is 0 Å². The number of hydrogen-bond donors (Lipinski definition) is 0. The molecule has 2 aliphatic rings. The molecular formula is C16H21NO2. The molecule has 3 rings (SSSR count). The van der Waals surface area contributed by atoms with Crippen molar-refractivity contribution in [1.29, 1.82) is 0 Å². The van der Waals surface area contributed by atoms with Gasteiger partial charge in [0.05, 0.1) is 0 Å². The van der Waals surface area contributed by atoms with E-state index in [4.69, 9.17) is 4.74 Å². The van der Waals surface area contributed by atoms with Crippen molar-refractivity contribution in [3.05, 3.63) is 29.8 Å². The van der Waals surface area contributed by atoms with Gasteiger partial charge in [-0.2, -0.15) is 0 Å². The summed E-state index contributed by atoms with van der Waals surface area (Å²) in [4.78, 5) is 13.7. The maximum atomic E-state index is 11.7. The summed E-state index contributed by atoms with van der Waals surface area (Å²) in [5.74, 6) is 1.31. The Morgan fingerprint density at radius 2 is 2.00 bits per heavy atom. The van der Waals surface area contributed by atoms with Crippen LogP contribution in [-0.4, -0.2) is 29.5 Å². The number of aryl methyl sites for hydroxylation is 1. The van der Waals surface area contributed by atoms with Crippen LogP contribution in [0.4, 0.5) is 0 Å². The topological polar surface area (TPSA) is 29.5 Å². The average Bonchev–Trinajstić information content (AvgIpc) is 2.47. The van der Waals surface area contributed by atoms with Crippen LogP contribution >= 0.6 is 0 Å². The van der Waals surface area contributed by atoms with Gasteiger partial charge in [-0.25, -0.2) is 0 Å². The van der Waals surface area contributed by atoms with E-state index in [1.165, 1.54) is 5.56 Å². The van der Waals surface area contributed by atoms with Gasteiger partial charge in [-0.3, -0.25) is 4.79 Å². The lowest BCUT2D eigenvalue weighted by Crippen LogP contribution is -2.51. The van der Waals surface area contributed by atoms with Gasteiger partial charge in [0.1, 0.15) is 11.4 Å². The number of carbonyl (C=O) groups excluding carboxylic acids is 1. The Morgan fingerprint density at radius 1 is 1.26 bits per heavy atom. The number of carbonyl (C=O) groups is 1. The van der Waals surface area contributed by atoms with Gasteiger partial charge in [0.2, 0.25) is 5.91 Å². The van der Waals surface area contributed by atoms with E-state index in [2.05, 4.69) is 18.2 Å². The summed E-state index contributed by atoms with van der Waals surface area (Å²) < 4.78 is 6.28. The van der Waals surface area contributed by atoms with Gasteiger partial charge in [-0.05, 0) is 24.5 Å². The molecule has 0 radical (unpaired) electrons. The predicted octanol–water partition coefficient (Wildman–Crippen LogP) is 2.78. The molecule has 0 N–H and O–H groups in total. The molecule has 1 fully saturated rings. The van der Waals surface area contributed by atoms with Gasteiger partial charge in [0.15, 0.2) is 0 Å². The van der Waals surface area contributed by atoms with Gasteiger partial charge in [0.25, 0.3) is 0 Å². The largest absolute Gasteiger partial charge is 0.487 e. The highest BCUT2D eigenvalue weighted by Crippen LogP contribution is 2.39. The van der Waals surface area contributed by atoms with Crippen LogP contribution in [0.15, 0.2) is 24.3 Å². The zero-order valence-corrected chi connectivity index (χ0v) is 11.5. The van der Waals surface area contributed by atoms with E-state index in [-0.39, 0.29) is 11.5 Å². The number of piperidine rings is 1. The summed E-state index contributed by atoms with van der Waals surface area (Å²) in [5, 5.41) is 0. The van der Waals surface area contributed by atoms with E-state index in [1.807, 2.05) is 17.9 Å². The molecule has 0 aromatic heterocycles. The van der Waals surface area contributed by atoms with Crippen molar-refractivity contribution in [2.75, 3.05) is 13.1 Å². The quantitative estimate of drug-likeness (QED) is 0.776. The Balaban J connectivity index is 1.70. The molecule has 0 atom stereocenters. The molecule has 0 bridgehead atoms. The van der Waals surface area contributed by atoms with Crippen molar-refractivity contribution in [3.63, 3.8) is 0 Å². The molecule has 0 unspecified atom stereocenters. The fraction of sp³-hybridized carbons (Fsp3) is 0.562. The predicted molar refractivity (Wildman–Crippen MR) is 74.2 cm³/mol. The maximum Gasteiger partial charge on any atom is 0.222 e. The van der Waals surface area contributed by atoms with Gasteiger partial charge >= 0.3 is 0 Å². The zero-order valence-electron chi connectivity index (χ0n) is 11.5. The first-order valence-electron chi connectivity index (χ1n) is 7.27. The van der Waals surface area contributed by atoms with Crippen molar-refractivity contribution < 1.29 is 9.53 Å². The van der Waals surface area contributed by atoms with E-state index in [0.29, 0.717) is 6.42 Å². The second-order valence-corrected chi connectivity index (χ2v) is 5.63. The highest BCUT2D eigenvalue weighted by Gasteiger charge is 2.39. The van der Waals surface area contributed by atoms with Crippen LogP contribution in [0, 0.1) is 0 Å². The first-order chi connectivity index (χ1) is 9.22. The third kappa shape index (κ3) is 2.34. The Kier molecular flexibility index (Phi) is 3.21. The normalized spacial score (nSPS) is 20.8. The summed E-state index contributed by atoms with van der Waals surface area (Å²) >= 11 is 0. The number of para-hydroxylation sites is 1. The summed E-state index contributed by atoms with van der Waals surface area (Å²) in [6, 6.07) is 8.33. The fourth-order valence-electron chi connectivity index (χ4n) is 3.20. The van der Waals surface area contributed by atoms with Crippen LogP contribution in [0.3, 0.4) is 0 Å². The first-order valence-corrected chi connectivity index (χ1v) is 7.27. The van der Waals surface area contributed by atoms with Gasteiger partial charge in [0, 0.05) is 32.4 Å². The van der Waals surface area contributed by atoms with E-state index in [0.717, 1.165) is 44.5 Å². The third-order valence-electron chi connectivity index (χ3n) is 4.48. The van der Waals surface area contributed by atoms with Crippen molar-refractivity contribution in [3.8, 4) is 5.75 Å². The number of nitrogens with zero attached hydrogens (tertiary/aromatic N) is 1. The van der Waals surface area contributed by atoms with Crippen LogP contribution in [0.1, 0.15) is 38.2 Å². The minimum Gasteiger partial charge on any atom is -0.487 e. The number of hydrogen-bond acceptors (Lipinski definition) is 2. The molecule has 0 saturated carbocycles. The fourth-order valence-corrected chi connectivity index (χ4v) is 3.20. The molecule has 1 aromatic carbocycles. The van der Waals surface area contributed by atoms with Gasteiger partial charge in [-0.1, -0.05) is 25.1 Å². The standard InChI is InChI=1S/C16H21NO2/c1-2-15(18)17-11-9-16(10-12-17)8-7-13-5-3-4-6-14(13)19-16/h3-6H,2,7-12H2,1H3. The lowest BCUT2D eigenvalue weighted by molar-refractivity contribution is -0.134. The lowest BCUT2D eigenvalue weighted by Gasteiger charge is -2.44. The molecule has 1 saturated heterocycles. The van der Waals surface area contributed by atoms with Crippen LogP contribution in [0.5, 0.6) is 5.75 Å². The van der Waals surface area contributed by atoms with Crippen molar-refractivity contribution >= 4 is 5.91 Å². The molecular weight excluding hydrogens is 238 g/mol. The molecule has 3 heteroatoms. The van der Waals surface area contributed by atoms with Crippen LogP contribution in [0.25, 0.3) is 0 Å². The van der Waals surface area contributed by atoms with Crippen LogP contribution in [-0.2, 0) is 11.2 Å². The molecule has 2 aliphatic heterocycles. The molecule has 1 spiro atoms. The second-order valence-electron chi connectivity index (χ2n) is 5.63. The Hall–Kier alpha value is -1.51. The SMILES string of the molecule is CCC(=O)N1CCC2(CCc3ccccc3O2)CC1. The van der Waals surface area contributed by atoms with Crippen molar-refractivity contribution in [1.82, 2.24) is 4.90 Å². The third-order valence-corrected chi connectivity index (χ3v) is 4.48. The molecule has 0 aliphatic carbocycles. The smallest absolute Gasteiger partial charge is 0.222 e. The van der Waals surface area contributed by atoms with E-state index < -0.39 is 0 Å². The van der Waals surface area contributed by atoms with Crippen molar-refractivity contribution in [2.45, 2.75) is 44.6 Å². The highest BCUT2D eigenvalue weighted by atomic mass is 16.5. The average molecular weight is 259 g/mol. The zero-order chi connectivity index (χ0) is 13.3. The summed E-state index contributed by atoms with van der Waals surface area (Å²) in [5.41, 5.74) is 1.29. The molecule has 2 heterocycles. The minimum absolute atomic E-state index is 0.0289. The number of rotatable bonds is 1. The number of fused-ring (bicyclic) bond motifs is 1. The lowest BCUT2D eigenvalue weighted by atomic mass is 9.83. The Morgan fingerprint density at radius 3 is 2.74 bits per heavy atom. The minimum atomic E-state index is -0.0289. The molecule has 1 aromatic rings. The second kappa shape index (κ2) is 4.87. The summed E-state index contributed by atoms with van der Waals surface area (Å²) in [6.45, 7) is 3.61. The summed E-state index contributed by atoms with van der Waals surface area (Å²) in [7, 11) is 0. The van der Waals surface area contributed by atoms with Gasteiger partial charge < -0.3 is 9.64 Å². The van der Waals surface area contributed by atoms with E-state index >= 15 is 0 Å². The van der Waals surface area contributed by atoms with Crippen LogP contribution in [0.2, 0.25) is 0 Å². The van der Waals surface area contributed by atoms with E-state index in [9.17, 15) is 4.79 Å². The van der Waals surface area contributed by atoms with Crippen LogP contribution < -0.4 is 4.74 Å². The summed E-state index contributed by atoms with van der Waals surface area (Å²) in [6.07, 6.45) is 4.72. The number of amides is 1. The highest BCUT2D eigenvalue weighted by molar-refractivity contribution is 5.75. The number of likely N-dealkylation sites (tertiary alicyclic amines) is 1. The van der Waals surface area contributed by atoms with Crippen molar-refractivity contribution in [2.24, 2.45) is 0 Å². The molecule has 3 nitrogen and oxygen atoms in total. The van der Waals surface area contributed by atoms with E-state index in [1.54, 1.807) is 0 Å². The molecule has 102 valence electrons. The molecule has 1 amide bonds.